The molecule has 0 bridgehead atoms. The van der Waals surface area contributed by atoms with Gasteiger partial charge in [0, 0.05) is 17.3 Å². The Labute approximate surface area is 158 Å². The summed E-state index contributed by atoms with van der Waals surface area (Å²) in [5.41, 5.74) is -1.27. The van der Waals surface area contributed by atoms with Crippen LogP contribution in [-0.2, 0) is 22.3 Å². The highest BCUT2D eigenvalue weighted by Crippen LogP contribution is 2.47. The van der Waals surface area contributed by atoms with E-state index in [-0.39, 0.29) is 12.2 Å². The van der Waals surface area contributed by atoms with Crippen LogP contribution in [0.1, 0.15) is 24.0 Å². The molecule has 1 saturated carbocycles. The van der Waals surface area contributed by atoms with Crippen LogP contribution >= 0.6 is 11.6 Å². The van der Waals surface area contributed by atoms with Crippen LogP contribution in [0.2, 0.25) is 5.02 Å². The number of hydrogen-bond donors (Lipinski definition) is 2. The largest absolute Gasteiger partial charge is 0.416 e. The van der Waals surface area contributed by atoms with E-state index in [1.807, 2.05) is 0 Å². The number of hydrogen-bond acceptors (Lipinski definition) is 2. The fourth-order valence-corrected chi connectivity index (χ4v) is 2.79. The third-order valence-electron chi connectivity index (χ3n) is 4.43. The smallest absolute Gasteiger partial charge is 0.351 e. The lowest BCUT2D eigenvalue weighted by molar-refractivity contribution is -0.138. The molecule has 8 heteroatoms. The van der Waals surface area contributed by atoms with E-state index in [1.165, 1.54) is 12.1 Å². The van der Waals surface area contributed by atoms with Gasteiger partial charge >= 0.3 is 6.18 Å². The normalized spacial score (nSPS) is 15.1. The van der Waals surface area contributed by atoms with E-state index in [1.54, 1.807) is 24.3 Å². The maximum Gasteiger partial charge on any atom is 0.416 e. The molecule has 2 N–H and O–H groups in total. The van der Waals surface area contributed by atoms with E-state index in [2.05, 4.69) is 10.6 Å². The zero-order chi connectivity index (χ0) is 19.7. The molecule has 2 aromatic carbocycles. The zero-order valence-corrected chi connectivity index (χ0v) is 14.8. The minimum atomic E-state index is -4.51. The van der Waals surface area contributed by atoms with Crippen LogP contribution in [0.5, 0.6) is 0 Å². The summed E-state index contributed by atoms with van der Waals surface area (Å²) in [5, 5.41) is 5.70. The first-order valence-electron chi connectivity index (χ1n) is 8.22. The maximum absolute atomic E-state index is 12.8. The second kappa shape index (κ2) is 7.23. The second-order valence-electron chi connectivity index (χ2n) is 6.42. The fourth-order valence-electron chi connectivity index (χ4n) is 2.66. The molecule has 2 aromatic rings. The summed E-state index contributed by atoms with van der Waals surface area (Å²) in [6, 6.07) is 11.2. The third-order valence-corrected chi connectivity index (χ3v) is 4.69. The third kappa shape index (κ3) is 4.42. The molecule has 0 atom stereocenters. The monoisotopic (exact) mass is 396 g/mol. The summed E-state index contributed by atoms with van der Waals surface area (Å²) < 4.78 is 38.3. The molecule has 1 aliphatic carbocycles. The first-order valence-corrected chi connectivity index (χ1v) is 8.60. The van der Waals surface area contributed by atoms with Gasteiger partial charge in [0.05, 0.1) is 5.56 Å². The lowest BCUT2D eigenvalue weighted by atomic mass is 10.0. The lowest BCUT2D eigenvalue weighted by Gasteiger charge is -2.16. The summed E-state index contributed by atoms with van der Waals surface area (Å²) >= 11 is 5.80. The van der Waals surface area contributed by atoms with Gasteiger partial charge in [-0.05, 0) is 48.7 Å². The Morgan fingerprint density at radius 3 is 2.30 bits per heavy atom. The molecule has 0 aliphatic heterocycles. The summed E-state index contributed by atoms with van der Waals surface area (Å²) in [5.74, 6) is -1.04. The molecule has 1 aliphatic rings. The maximum atomic E-state index is 12.8. The van der Waals surface area contributed by atoms with Crippen LogP contribution in [-0.4, -0.2) is 11.8 Å². The number of rotatable bonds is 5. The van der Waals surface area contributed by atoms with Crippen LogP contribution in [0.4, 0.5) is 18.9 Å². The molecule has 0 heterocycles. The van der Waals surface area contributed by atoms with Crippen molar-refractivity contribution in [3.8, 4) is 0 Å². The molecule has 0 radical (unpaired) electrons. The van der Waals surface area contributed by atoms with Gasteiger partial charge in [-0.3, -0.25) is 9.59 Å². The average Bonchev–Trinajstić information content (AvgIpc) is 3.42. The van der Waals surface area contributed by atoms with E-state index in [0.717, 1.165) is 17.7 Å². The Hall–Kier alpha value is -2.54. The van der Waals surface area contributed by atoms with Crippen molar-refractivity contribution in [1.29, 1.82) is 0 Å². The first-order chi connectivity index (χ1) is 12.7. The molecule has 0 spiro atoms. The molecule has 0 aromatic heterocycles. The molecule has 0 unspecified atom stereocenters. The van der Waals surface area contributed by atoms with E-state index in [9.17, 15) is 22.8 Å². The van der Waals surface area contributed by atoms with Gasteiger partial charge < -0.3 is 10.6 Å². The molecule has 142 valence electrons. The SMILES string of the molecule is O=C(NCc1ccc(Cl)cc1)C1(C(=O)Nc2cccc(C(F)(F)F)c2)CC1. The quantitative estimate of drug-likeness (QED) is 0.736. The molecule has 27 heavy (non-hydrogen) atoms. The van der Waals surface area contributed by atoms with Gasteiger partial charge in [-0.2, -0.15) is 13.2 Å². The van der Waals surface area contributed by atoms with Crippen molar-refractivity contribution in [3.63, 3.8) is 0 Å². The van der Waals surface area contributed by atoms with Crippen molar-refractivity contribution in [2.24, 2.45) is 5.41 Å². The van der Waals surface area contributed by atoms with Crippen LogP contribution in [0.15, 0.2) is 48.5 Å². The first kappa shape index (κ1) is 19.2. The molecule has 0 saturated heterocycles. The highest BCUT2D eigenvalue weighted by molar-refractivity contribution is 6.30. The molecule has 1 fully saturated rings. The predicted molar refractivity (Wildman–Crippen MR) is 95.0 cm³/mol. The molecule has 3 rings (SSSR count). The van der Waals surface area contributed by atoms with Crippen LogP contribution < -0.4 is 10.6 Å². The van der Waals surface area contributed by atoms with Crippen LogP contribution in [0, 0.1) is 5.41 Å². The number of carbonyl (C=O) groups excluding carboxylic acids is 2. The topological polar surface area (TPSA) is 58.2 Å². The van der Waals surface area contributed by atoms with Gasteiger partial charge in [0.15, 0.2) is 0 Å². The van der Waals surface area contributed by atoms with Gasteiger partial charge in [-0.15, -0.1) is 0 Å². The zero-order valence-electron chi connectivity index (χ0n) is 14.1. The van der Waals surface area contributed by atoms with Gasteiger partial charge in [0.25, 0.3) is 0 Å². The Morgan fingerprint density at radius 2 is 1.70 bits per heavy atom. The minimum Gasteiger partial charge on any atom is -0.351 e. The standard InChI is InChI=1S/C19H16ClF3N2O2/c20-14-6-4-12(5-7-14)11-24-16(26)18(8-9-18)17(27)25-15-3-1-2-13(10-15)19(21,22)23/h1-7,10H,8-9,11H2,(H,24,26)(H,25,27). The Kier molecular flexibility index (Phi) is 5.15. The second-order valence-corrected chi connectivity index (χ2v) is 6.86. The van der Waals surface area contributed by atoms with Crippen molar-refractivity contribution >= 4 is 29.1 Å². The van der Waals surface area contributed by atoms with Crippen molar-refractivity contribution in [2.45, 2.75) is 25.6 Å². The lowest BCUT2D eigenvalue weighted by Crippen LogP contribution is -2.39. The summed E-state index contributed by atoms with van der Waals surface area (Å²) in [4.78, 5) is 24.9. The average molecular weight is 397 g/mol. The van der Waals surface area contributed by atoms with Crippen molar-refractivity contribution in [2.75, 3.05) is 5.32 Å². The number of alkyl halides is 3. The van der Waals surface area contributed by atoms with Crippen molar-refractivity contribution in [1.82, 2.24) is 5.32 Å². The van der Waals surface area contributed by atoms with Crippen molar-refractivity contribution in [3.05, 3.63) is 64.7 Å². The fraction of sp³-hybridized carbons (Fsp3) is 0.263. The van der Waals surface area contributed by atoms with Crippen LogP contribution in [0.25, 0.3) is 0 Å². The number of amides is 2. The van der Waals surface area contributed by atoms with Gasteiger partial charge in [0.2, 0.25) is 11.8 Å². The Morgan fingerprint density at radius 1 is 1.04 bits per heavy atom. The number of benzene rings is 2. The van der Waals surface area contributed by atoms with E-state index in [0.29, 0.717) is 17.9 Å². The summed E-state index contributed by atoms with van der Waals surface area (Å²) in [6.07, 6.45) is -3.80. The predicted octanol–water partition coefficient (Wildman–Crippen LogP) is 4.39. The van der Waals surface area contributed by atoms with Gasteiger partial charge in [-0.1, -0.05) is 29.8 Å². The number of nitrogens with one attached hydrogen (secondary N) is 2. The summed E-state index contributed by atoms with van der Waals surface area (Å²) in [6.45, 7) is 0.231. The van der Waals surface area contributed by atoms with E-state index in [4.69, 9.17) is 11.6 Å². The van der Waals surface area contributed by atoms with Gasteiger partial charge in [-0.25, -0.2) is 0 Å². The Balaban J connectivity index is 1.64. The molecular weight excluding hydrogens is 381 g/mol. The molecule has 2 amide bonds. The Bertz CT molecular complexity index is 862. The summed E-state index contributed by atoms with van der Waals surface area (Å²) in [7, 11) is 0. The van der Waals surface area contributed by atoms with Crippen LogP contribution in [0.3, 0.4) is 0 Å². The highest BCUT2D eigenvalue weighted by Gasteiger charge is 2.56. The minimum absolute atomic E-state index is 0.00611. The number of carbonyl (C=O) groups is 2. The molecule has 4 nitrogen and oxygen atoms in total. The number of anilines is 1. The van der Waals surface area contributed by atoms with Crippen molar-refractivity contribution < 1.29 is 22.8 Å². The molecular formula is C19H16ClF3N2O2. The van der Waals surface area contributed by atoms with E-state index >= 15 is 0 Å². The number of halogens is 4. The van der Waals surface area contributed by atoms with Gasteiger partial charge in [0.1, 0.15) is 5.41 Å². The van der Waals surface area contributed by atoms with E-state index < -0.39 is 29.0 Å². The highest BCUT2D eigenvalue weighted by atomic mass is 35.5.